The molecule has 0 saturated heterocycles. The fourth-order valence-electron chi connectivity index (χ4n) is 2.94. The molecular formula is C19H18FN5O. The average Bonchev–Trinajstić information content (AvgIpc) is 3.33. The van der Waals surface area contributed by atoms with E-state index in [1.165, 1.54) is 0 Å². The number of nitrogen functional groups attached to an aromatic ring is 1. The molecule has 3 aromatic heterocycles. The van der Waals surface area contributed by atoms with Gasteiger partial charge in [0.1, 0.15) is 17.8 Å². The van der Waals surface area contributed by atoms with Crippen LogP contribution < -0.4 is 11.1 Å². The first-order valence-electron chi connectivity index (χ1n) is 8.37. The number of carbonyl (C=O) groups excluding carboxylic acids is 1. The molecule has 7 heteroatoms. The molecule has 26 heavy (non-hydrogen) atoms. The van der Waals surface area contributed by atoms with Crippen LogP contribution in [0.1, 0.15) is 17.7 Å². The molecule has 1 unspecified atom stereocenters. The van der Waals surface area contributed by atoms with Crippen molar-refractivity contribution < 1.29 is 9.18 Å². The number of aromatic nitrogens is 3. The van der Waals surface area contributed by atoms with Crippen molar-refractivity contribution in [1.29, 1.82) is 0 Å². The van der Waals surface area contributed by atoms with Gasteiger partial charge in [-0.25, -0.2) is 14.4 Å². The molecule has 1 saturated carbocycles. The summed E-state index contributed by atoms with van der Waals surface area (Å²) in [5.41, 5.74) is 9.67. The van der Waals surface area contributed by atoms with Crippen LogP contribution in [-0.2, 0) is 4.79 Å². The number of aryl methyl sites for hydroxylation is 2. The fraction of sp³-hybridized carbons (Fsp3) is 0.263. The van der Waals surface area contributed by atoms with Crippen molar-refractivity contribution in [2.24, 2.45) is 5.92 Å². The van der Waals surface area contributed by atoms with Crippen LogP contribution in [0.3, 0.4) is 0 Å². The Morgan fingerprint density at radius 2 is 2.00 bits per heavy atom. The molecule has 0 aromatic carbocycles. The highest BCUT2D eigenvalue weighted by Gasteiger charge is 2.43. The van der Waals surface area contributed by atoms with Crippen LogP contribution >= 0.6 is 0 Å². The van der Waals surface area contributed by atoms with E-state index < -0.39 is 12.1 Å². The molecule has 0 aliphatic heterocycles. The van der Waals surface area contributed by atoms with Gasteiger partial charge in [0.05, 0.1) is 11.6 Å². The van der Waals surface area contributed by atoms with Crippen LogP contribution in [0.5, 0.6) is 0 Å². The highest BCUT2D eigenvalue weighted by atomic mass is 19.1. The maximum atomic E-state index is 13.0. The van der Waals surface area contributed by atoms with Crippen molar-refractivity contribution in [3.63, 3.8) is 0 Å². The largest absolute Gasteiger partial charge is 0.383 e. The lowest BCUT2D eigenvalue weighted by atomic mass is 10.0. The van der Waals surface area contributed by atoms with Crippen molar-refractivity contribution in [3.8, 4) is 11.3 Å². The third-order valence-electron chi connectivity index (χ3n) is 4.56. The zero-order valence-electron chi connectivity index (χ0n) is 14.5. The summed E-state index contributed by atoms with van der Waals surface area (Å²) in [6.07, 6.45) is 2.61. The van der Waals surface area contributed by atoms with Crippen LogP contribution in [0.2, 0.25) is 0 Å². The standard InChI is InChI=1S/C19H18FN5O/c1-9-7-22-10(2)3-12(9)16-4-11-5-17(23-8-14(11)18(21)24-16)25-19(26)13-6-15(13)20/h3-5,7-8,13,15H,6H2,1-2H3,(H2,21,24)(H,23,25,26)/t13?,15-/m1/s1. The van der Waals surface area contributed by atoms with E-state index in [1.54, 1.807) is 18.5 Å². The Labute approximate surface area is 149 Å². The van der Waals surface area contributed by atoms with Gasteiger partial charge >= 0.3 is 0 Å². The predicted octanol–water partition coefficient (Wildman–Crippen LogP) is 3.19. The van der Waals surface area contributed by atoms with E-state index in [4.69, 9.17) is 5.73 Å². The minimum absolute atomic E-state index is 0.279. The Morgan fingerprint density at radius 3 is 2.73 bits per heavy atom. The van der Waals surface area contributed by atoms with Crippen molar-refractivity contribution >= 4 is 28.3 Å². The second-order valence-corrected chi connectivity index (χ2v) is 6.67. The summed E-state index contributed by atoms with van der Waals surface area (Å²) < 4.78 is 13.0. The van der Waals surface area contributed by atoms with Crippen LogP contribution in [0.15, 0.2) is 30.6 Å². The first kappa shape index (κ1) is 16.4. The number of fused-ring (bicyclic) bond motifs is 1. The van der Waals surface area contributed by atoms with E-state index in [2.05, 4.69) is 20.3 Å². The maximum absolute atomic E-state index is 13.0. The first-order valence-corrected chi connectivity index (χ1v) is 8.37. The zero-order chi connectivity index (χ0) is 18.4. The summed E-state index contributed by atoms with van der Waals surface area (Å²) in [5, 5.41) is 4.17. The number of hydrogen-bond acceptors (Lipinski definition) is 5. The van der Waals surface area contributed by atoms with Gasteiger partial charge in [-0.1, -0.05) is 0 Å². The van der Waals surface area contributed by atoms with Gasteiger partial charge in [-0.3, -0.25) is 9.78 Å². The molecule has 3 N–H and O–H groups in total. The molecule has 1 fully saturated rings. The molecule has 1 aliphatic carbocycles. The summed E-state index contributed by atoms with van der Waals surface area (Å²) >= 11 is 0. The number of nitrogens with two attached hydrogens (primary N) is 1. The summed E-state index contributed by atoms with van der Waals surface area (Å²) in [4.78, 5) is 24.9. The van der Waals surface area contributed by atoms with Gasteiger partial charge in [-0.15, -0.1) is 0 Å². The molecule has 6 nitrogen and oxygen atoms in total. The molecule has 132 valence electrons. The van der Waals surface area contributed by atoms with Gasteiger partial charge in [-0.2, -0.15) is 0 Å². The number of amides is 1. The number of nitrogens with one attached hydrogen (secondary N) is 1. The van der Waals surface area contributed by atoms with Crippen LogP contribution in [-0.4, -0.2) is 27.0 Å². The summed E-state index contributed by atoms with van der Waals surface area (Å²) in [7, 11) is 0. The number of nitrogens with zero attached hydrogens (tertiary/aromatic N) is 3. The van der Waals surface area contributed by atoms with E-state index in [-0.39, 0.29) is 12.3 Å². The number of carbonyl (C=O) groups is 1. The molecule has 1 aliphatic rings. The van der Waals surface area contributed by atoms with Gasteiger partial charge in [0, 0.05) is 29.0 Å². The molecule has 0 bridgehead atoms. The SMILES string of the molecule is Cc1cc(-c2cc3cc(NC(=O)C4C[C@H]4F)ncc3c(N)n2)c(C)cn1. The smallest absolute Gasteiger partial charge is 0.231 e. The van der Waals surface area contributed by atoms with Crippen molar-refractivity contribution in [3.05, 3.63) is 41.9 Å². The van der Waals surface area contributed by atoms with E-state index in [1.807, 2.05) is 26.0 Å². The number of alkyl halides is 1. The molecule has 3 aromatic rings. The van der Waals surface area contributed by atoms with Crippen molar-refractivity contribution in [2.75, 3.05) is 11.1 Å². The number of pyridine rings is 3. The summed E-state index contributed by atoms with van der Waals surface area (Å²) in [5.74, 6) is -0.163. The molecule has 0 radical (unpaired) electrons. The Kier molecular flexibility index (Phi) is 3.79. The molecule has 4 rings (SSSR count). The minimum Gasteiger partial charge on any atom is -0.383 e. The molecule has 2 atom stereocenters. The monoisotopic (exact) mass is 351 g/mol. The van der Waals surface area contributed by atoms with E-state index in [9.17, 15) is 9.18 Å². The van der Waals surface area contributed by atoms with Gasteiger partial charge in [0.2, 0.25) is 5.91 Å². The van der Waals surface area contributed by atoms with E-state index in [0.29, 0.717) is 17.0 Å². The normalized spacial score (nSPS) is 18.7. The predicted molar refractivity (Wildman–Crippen MR) is 98.3 cm³/mol. The lowest BCUT2D eigenvalue weighted by molar-refractivity contribution is -0.117. The molecule has 1 amide bonds. The van der Waals surface area contributed by atoms with Gasteiger partial charge in [-0.05, 0) is 49.4 Å². The maximum Gasteiger partial charge on any atom is 0.231 e. The molecule has 0 spiro atoms. The van der Waals surface area contributed by atoms with Crippen LogP contribution in [0.4, 0.5) is 16.0 Å². The van der Waals surface area contributed by atoms with Gasteiger partial charge in [0.15, 0.2) is 0 Å². The summed E-state index contributed by atoms with van der Waals surface area (Å²) in [6.45, 7) is 3.88. The highest BCUT2D eigenvalue weighted by Crippen LogP contribution is 2.35. The van der Waals surface area contributed by atoms with E-state index >= 15 is 0 Å². The Hall–Kier alpha value is -3.09. The van der Waals surface area contributed by atoms with Crippen LogP contribution in [0, 0.1) is 19.8 Å². The third kappa shape index (κ3) is 2.96. The first-order chi connectivity index (χ1) is 12.4. The minimum atomic E-state index is -1.04. The number of rotatable bonds is 3. The van der Waals surface area contributed by atoms with Crippen molar-refractivity contribution in [2.45, 2.75) is 26.4 Å². The Balaban J connectivity index is 1.74. The third-order valence-corrected chi connectivity index (χ3v) is 4.56. The molecule has 3 heterocycles. The number of hydrogen-bond donors (Lipinski definition) is 2. The average molecular weight is 351 g/mol. The second kappa shape index (κ2) is 6.01. The van der Waals surface area contributed by atoms with Crippen molar-refractivity contribution in [1.82, 2.24) is 15.0 Å². The van der Waals surface area contributed by atoms with E-state index in [0.717, 1.165) is 27.9 Å². The highest BCUT2D eigenvalue weighted by molar-refractivity contribution is 5.98. The van der Waals surface area contributed by atoms with Gasteiger partial charge in [0.25, 0.3) is 0 Å². The zero-order valence-corrected chi connectivity index (χ0v) is 14.5. The summed E-state index contributed by atoms with van der Waals surface area (Å²) in [6, 6.07) is 5.59. The quantitative estimate of drug-likeness (QED) is 0.756. The molecular weight excluding hydrogens is 333 g/mol. The second-order valence-electron chi connectivity index (χ2n) is 6.67. The van der Waals surface area contributed by atoms with Crippen LogP contribution in [0.25, 0.3) is 22.0 Å². The number of anilines is 2. The lowest BCUT2D eigenvalue weighted by Gasteiger charge is -2.10. The fourth-order valence-corrected chi connectivity index (χ4v) is 2.94. The van der Waals surface area contributed by atoms with Gasteiger partial charge < -0.3 is 11.1 Å². The number of halogens is 1. The lowest BCUT2D eigenvalue weighted by Crippen LogP contribution is -2.15. The topological polar surface area (TPSA) is 93.8 Å². The Morgan fingerprint density at radius 1 is 1.23 bits per heavy atom. The Bertz CT molecular complexity index is 1040.